The minimum Gasteiger partial charge on any atom is -0.496 e. The highest BCUT2D eigenvalue weighted by Gasteiger charge is 2.19. The lowest BCUT2D eigenvalue weighted by atomic mass is 9.92. The molecule has 2 atom stereocenters. The van der Waals surface area contributed by atoms with Gasteiger partial charge in [0.05, 0.1) is 13.2 Å². The van der Waals surface area contributed by atoms with Crippen molar-refractivity contribution >= 4 is 0 Å². The number of aliphatic hydroxyl groups is 2. The average molecular weight is 238 g/mol. The van der Waals surface area contributed by atoms with Crippen LogP contribution in [0.2, 0.25) is 0 Å². The first-order valence-corrected chi connectivity index (χ1v) is 5.93. The van der Waals surface area contributed by atoms with Crippen molar-refractivity contribution in [3.05, 3.63) is 28.8 Å². The van der Waals surface area contributed by atoms with Crippen LogP contribution in [0.25, 0.3) is 0 Å². The van der Waals surface area contributed by atoms with Crippen molar-refractivity contribution in [2.24, 2.45) is 0 Å². The fraction of sp³-hybridized carbons (Fsp3) is 0.571. The molecular weight excluding hydrogens is 216 g/mol. The van der Waals surface area contributed by atoms with Crippen molar-refractivity contribution in [2.45, 2.75) is 45.8 Å². The Kier molecular flexibility index (Phi) is 4.54. The fourth-order valence-electron chi connectivity index (χ4n) is 1.92. The normalized spacial score (nSPS) is 14.8. The molecule has 2 unspecified atom stereocenters. The number of hydrogen-bond donors (Lipinski definition) is 2. The maximum absolute atomic E-state index is 9.96. The quantitative estimate of drug-likeness (QED) is 0.847. The summed E-state index contributed by atoms with van der Waals surface area (Å²) in [6.45, 7) is 7.65. The van der Waals surface area contributed by atoms with Crippen LogP contribution in [0.5, 0.6) is 5.75 Å². The van der Waals surface area contributed by atoms with E-state index in [9.17, 15) is 10.2 Å². The summed E-state index contributed by atoms with van der Waals surface area (Å²) in [5.41, 5.74) is 2.75. The van der Waals surface area contributed by atoms with Crippen molar-refractivity contribution in [3.8, 4) is 5.75 Å². The molecule has 96 valence electrons. The minimum absolute atomic E-state index is 0.311. The van der Waals surface area contributed by atoms with E-state index < -0.39 is 12.2 Å². The molecule has 0 saturated heterocycles. The summed E-state index contributed by atoms with van der Waals surface area (Å²) in [5.74, 6) is 1.14. The van der Waals surface area contributed by atoms with Gasteiger partial charge in [-0.1, -0.05) is 13.8 Å². The zero-order chi connectivity index (χ0) is 13.2. The van der Waals surface area contributed by atoms with Crippen molar-refractivity contribution < 1.29 is 14.9 Å². The lowest BCUT2D eigenvalue weighted by Gasteiger charge is -2.20. The first-order chi connectivity index (χ1) is 7.88. The molecule has 3 heteroatoms. The maximum atomic E-state index is 9.96. The Morgan fingerprint density at radius 2 is 1.65 bits per heavy atom. The highest BCUT2D eigenvalue weighted by Crippen LogP contribution is 2.32. The third-order valence-electron chi connectivity index (χ3n) is 3.02. The third-order valence-corrected chi connectivity index (χ3v) is 3.02. The van der Waals surface area contributed by atoms with Gasteiger partial charge in [-0.3, -0.25) is 0 Å². The van der Waals surface area contributed by atoms with E-state index in [1.807, 2.05) is 19.1 Å². The second-order valence-corrected chi connectivity index (χ2v) is 4.79. The molecule has 0 aliphatic rings. The summed E-state index contributed by atoms with van der Waals surface area (Å²) in [4.78, 5) is 0. The molecule has 0 aromatic heterocycles. The van der Waals surface area contributed by atoms with Crippen molar-refractivity contribution in [2.75, 3.05) is 7.11 Å². The molecule has 0 bridgehead atoms. The van der Waals surface area contributed by atoms with Crippen molar-refractivity contribution in [1.82, 2.24) is 0 Å². The molecule has 1 aromatic carbocycles. The van der Waals surface area contributed by atoms with E-state index in [0.29, 0.717) is 5.92 Å². The zero-order valence-electron chi connectivity index (χ0n) is 11.2. The van der Waals surface area contributed by atoms with Gasteiger partial charge in [-0.25, -0.2) is 0 Å². The van der Waals surface area contributed by atoms with Crippen LogP contribution >= 0.6 is 0 Å². The van der Waals surface area contributed by atoms with Crippen LogP contribution in [-0.4, -0.2) is 23.4 Å². The molecule has 0 saturated carbocycles. The largest absolute Gasteiger partial charge is 0.496 e. The van der Waals surface area contributed by atoms with Gasteiger partial charge in [-0.05, 0) is 48.6 Å². The Hall–Kier alpha value is -1.06. The highest BCUT2D eigenvalue weighted by atomic mass is 16.5. The van der Waals surface area contributed by atoms with Gasteiger partial charge in [0, 0.05) is 0 Å². The summed E-state index contributed by atoms with van der Waals surface area (Å²) in [6, 6.07) is 3.84. The molecule has 3 nitrogen and oxygen atoms in total. The second kappa shape index (κ2) is 5.52. The predicted molar refractivity (Wildman–Crippen MR) is 68.5 cm³/mol. The van der Waals surface area contributed by atoms with Crippen LogP contribution in [-0.2, 0) is 0 Å². The Balaban J connectivity index is 3.29. The summed E-state index contributed by atoms with van der Waals surface area (Å²) < 4.78 is 5.34. The number of hydrogen-bond acceptors (Lipinski definition) is 3. The Bertz CT molecular complexity index is 383. The van der Waals surface area contributed by atoms with Crippen molar-refractivity contribution in [3.63, 3.8) is 0 Å². The standard InChI is InChI=1S/C14H22O3/c1-8(2)11-7-12(14(16)10(4)15)9(3)6-13(11)17-5/h6-8,10,14-16H,1-5H3. The molecule has 1 rings (SSSR count). The van der Waals surface area contributed by atoms with Crippen LogP contribution in [0.15, 0.2) is 12.1 Å². The van der Waals surface area contributed by atoms with Gasteiger partial charge in [0.2, 0.25) is 0 Å². The lowest BCUT2D eigenvalue weighted by Crippen LogP contribution is -2.15. The van der Waals surface area contributed by atoms with Gasteiger partial charge in [0.25, 0.3) is 0 Å². The van der Waals surface area contributed by atoms with Crippen LogP contribution in [0.3, 0.4) is 0 Å². The molecule has 0 radical (unpaired) electrons. The first kappa shape index (κ1) is 14.0. The Morgan fingerprint density at radius 1 is 1.06 bits per heavy atom. The summed E-state index contributed by atoms with van der Waals surface area (Å²) in [5, 5.41) is 19.4. The molecule has 1 aromatic rings. The van der Waals surface area contributed by atoms with Crippen LogP contribution < -0.4 is 4.74 Å². The highest BCUT2D eigenvalue weighted by molar-refractivity contribution is 5.44. The molecule has 0 aliphatic heterocycles. The van der Waals surface area contributed by atoms with E-state index in [4.69, 9.17) is 4.74 Å². The summed E-state index contributed by atoms with van der Waals surface area (Å²) in [7, 11) is 1.64. The zero-order valence-corrected chi connectivity index (χ0v) is 11.2. The summed E-state index contributed by atoms with van der Waals surface area (Å²) >= 11 is 0. The lowest BCUT2D eigenvalue weighted by molar-refractivity contribution is 0.0300. The van der Waals surface area contributed by atoms with Crippen LogP contribution in [0, 0.1) is 6.92 Å². The number of aryl methyl sites for hydroxylation is 1. The van der Waals surface area contributed by atoms with E-state index in [-0.39, 0.29) is 0 Å². The van der Waals surface area contributed by atoms with Gasteiger partial charge in [0.15, 0.2) is 0 Å². The SMILES string of the molecule is COc1cc(C)c(C(O)C(C)O)cc1C(C)C. The molecule has 0 spiro atoms. The third kappa shape index (κ3) is 2.99. The molecule has 2 N–H and O–H groups in total. The number of ether oxygens (including phenoxy) is 1. The molecule has 0 heterocycles. The minimum atomic E-state index is -0.849. The van der Waals surface area contributed by atoms with E-state index >= 15 is 0 Å². The number of rotatable bonds is 4. The monoisotopic (exact) mass is 238 g/mol. The van der Waals surface area contributed by atoms with Gasteiger partial charge in [0.1, 0.15) is 11.9 Å². The van der Waals surface area contributed by atoms with Crippen molar-refractivity contribution in [1.29, 1.82) is 0 Å². The van der Waals surface area contributed by atoms with Crippen LogP contribution in [0.4, 0.5) is 0 Å². The van der Waals surface area contributed by atoms with E-state index in [1.54, 1.807) is 14.0 Å². The molecule has 0 amide bonds. The van der Waals surface area contributed by atoms with Gasteiger partial charge >= 0.3 is 0 Å². The van der Waals surface area contributed by atoms with Gasteiger partial charge in [-0.15, -0.1) is 0 Å². The first-order valence-electron chi connectivity index (χ1n) is 5.93. The molecule has 0 fully saturated rings. The van der Waals surface area contributed by atoms with Crippen LogP contribution in [0.1, 0.15) is 49.5 Å². The smallest absolute Gasteiger partial charge is 0.122 e. The van der Waals surface area contributed by atoms with E-state index in [2.05, 4.69) is 13.8 Å². The van der Waals surface area contributed by atoms with E-state index in [1.165, 1.54) is 0 Å². The number of methoxy groups -OCH3 is 1. The van der Waals surface area contributed by atoms with E-state index in [0.717, 1.165) is 22.4 Å². The second-order valence-electron chi connectivity index (χ2n) is 4.79. The molecular formula is C14H22O3. The Morgan fingerprint density at radius 3 is 2.06 bits per heavy atom. The Labute approximate surface area is 103 Å². The predicted octanol–water partition coefficient (Wildman–Crippen LogP) is 2.54. The van der Waals surface area contributed by atoms with Gasteiger partial charge < -0.3 is 14.9 Å². The van der Waals surface area contributed by atoms with Gasteiger partial charge in [-0.2, -0.15) is 0 Å². The molecule has 0 aliphatic carbocycles. The number of aliphatic hydroxyl groups excluding tert-OH is 2. The average Bonchev–Trinajstić information content (AvgIpc) is 2.27. The summed E-state index contributed by atoms with van der Waals surface area (Å²) in [6.07, 6.45) is -1.62. The fourth-order valence-corrected chi connectivity index (χ4v) is 1.92. The number of benzene rings is 1. The topological polar surface area (TPSA) is 49.7 Å². The maximum Gasteiger partial charge on any atom is 0.122 e. The molecule has 17 heavy (non-hydrogen) atoms.